The van der Waals surface area contributed by atoms with E-state index in [-0.39, 0.29) is 5.56 Å². The van der Waals surface area contributed by atoms with Crippen LogP contribution in [0.4, 0.5) is 17.6 Å². The fourth-order valence-electron chi connectivity index (χ4n) is 4.31. The van der Waals surface area contributed by atoms with E-state index in [1.807, 2.05) is 12.1 Å². The van der Waals surface area contributed by atoms with Gasteiger partial charge in [-0.25, -0.2) is 8.78 Å². The molecule has 1 aliphatic carbocycles. The average molecular weight is 433 g/mol. The molecule has 0 bridgehead atoms. The summed E-state index contributed by atoms with van der Waals surface area (Å²) < 4.78 is 60.9. The third-order valence-electron chi connectivity index (χ3n) is 6.13. The molecule has 2 nitrogen and oxygen atoms in total. The third kappa shape index (κ3) is 5.86. The second kappa shape index (κ2) is 10.3. The molecule has 0 heterocycles. The number of ether oxygens (including phenoxy) is 1. The van der Waals surface area contributed by atoms with Gasteiger partial charge in [-0.3, -0.25) is 0 Å². The largest absolute Gasteiger partial charge is 0.391 e. The van der Waals surface area contributed by atoms with E-state index in [0.29, 0.717) is 17.5 Å². The Labute approximate surface area is 180 Å². The quantitative estimate of drug-likeness (QED) is 0.402. The van der Waals surface area contributed by atoms with E-state index in [9.17, 15) is 17.6 Å². The third-order valence-corrected chi connectivity index (χ3v) is 6.13. The summed E-state index contributed by atoms with van der Waals surface area (Å²) in [7, 11) is 0. The molecule has 0 spiro atoms. The minimum absolute atomic E-state index is 0.334. The van der Waals surface area contributed by atoms with Gasteiger partial charge in [0, 0.05) is 0 Å². The van der Waals surface area contributed by atoms with Gasteiger partial charge in [0.1, 0.15) is 11.9 Å². The summed E-state index contributed by atoms with van der Waals surface area (Å²) in [4.78, 5) is 0. The van der Waals surface area contributed by atoms with Gasteiger partial charge in [0.05, 0.1) is 12.2 Å². The number of nitriles is 1. The Bertz CT molecular complexity index is 899. The zero-order chi connectivity index (χ0) is 22.4. The fourth-order valence-corrected chi connectivity index (χ4v) is 4.31. The Balaban J connectivity index is 1.56. The molecule has 0 amide bonds. The fraction of sp³-hybridized carbons (Fsp3) is 0.480. The Morgan fingerprint density at radius 3 is 2.35 bits per heavy atom. The molecule has 0 aromatic heterocycles. The van der Waals surface area contributed by atoms with Gasteiger partial charge in [-0.2, -0.15) is 14.0 Å². The van der Waals surface area contributed by atoms with Crippen LogP contribution in [0, 0.1) is 23.1 Å². The van der Waals surface area contributed by atoms with Crippen molar-refractivity contribution in [1.29, 1.82) is 5.26 Å². The number of nitrogens with zero attached hydrogens (tertiary/aromatic N) is 1. The highest BCUT2D eigenvalue weighted by molar-refractivity contribution is 5.34. The lowest BCUT2D eigenvalue weighted by molar-refractivity contribution is -0.282. The van der Waals surface area contributed by atoms with Gasteiger partial charge >= 0.3 is 6.11 Å². The summed E-state index contributed by atoms with van der Waals surface area (Å²) in [6.07, 6.45) is 0.263. The van der Waals surface area contributed by atoms with Gasteiger partial charge in [-0.1, -0.05) is 50.1 Å². The van der Waals surface area contributed by atoms with Crippen LogP contribution in [0.25, 0.3) is 0 Å². The minimum atomic E-state index is -4.13. The first-order valence-electron chi connectivity index (χ1n) is 10.8. The molecule has 6 heteroatoms. The highest BCUT2D eigenvalue weighted by Crippen LogP contribution is 2.39. The van der Waals surface area contributed by atoms with E-state index in [0.717, 1.165) is 30.9 Å². The van der Waals surface area contributed by atoms with Gasteiger partial charge < -0.3 is 4.74 Å². The summed E-state index contributed by atoms with van der Waals surface area (Å²) in [5, 5.41) is 8.70. The van der Waals surface area contributed by atoms with Crippen molar-refractivity contribution in [3.63, 3.8) is 0 Å². The molecule has 0 saturated heterocycles. The van der Waals surface area contributed by atoms with Crippen LogP contribution in [0.1, 0.15) is 79.8 Å². The second-order valence-corrected chi connectivity index (χ2v) is 8.31. The predicted molar refractivity (Wildman–Crippen MR) is 111 cm³/mol. The molecule has 1 fully saturated rings. The highest BCUT2D eigenvalue weighted by atomic mass is 19.3. The molecule has 0 radical (unpaired) electrons. The van der Waals surface area contributed by atoms with Gasteiger partial charge in [-0.05, 0) is 66.3 Å². The molecule has 166 valence electrons. The van der Waals surface area contributed by atoms with Crippen LogP contribution in [-0.2, 0) is 11.3 Å². The number of hydrogen-bond donors (Lipinski definition) is 0. The topological polar surface area (TPSA) is 33.0 Å². The lowest BCUT2D eigenvalue weighted by atomic mass is 9.77. The summed E-state index contributed by atoms with van der Waals surface area (Å²) >= 11 is 0. The first-order valence-corrected chi connectivity index (χ1v) is 10.8. The van der Waals surface area contributed by atoms with Gasteiger partial charge in [0.15, 0.2) is 0 Å². The molecule has 1 saturated carbocycles. The van der Waals surface area contributed by atoms with Gasteiger partial charge in [0.25, 0.3) is 0 Å². The molecule has 2 aromatic rings. The molecular weight excluding hydrogens is 406 g/mol. The zero-order valence-corrected chi connectivity index (χ0v) is 17.6. The van der Waals surface area contributed by atoms with Crippen molar-refractivity contribution in [3.8, 4) is 6.07 Å². The van der Waals surface area contributed by atoms with Crippen LogP contribution in [0.3, 0.4) is 0 Å². The highest BCUT2D eigenvalue weighted by Gasteiger charge is 2.43. The summed E-state index contributed by atoms with van der Waals surface area (Å²) in [6.45, 7) is 1.75. The van der Waals surface area contributed by atoms with Crippen LogP contribution in [0.2, 0.25) is 0 Å². The first kappa shape index (κ1) is 23.3. The van der Waals surface area contributed by atoms with Gasteiger partial charge in [0.2, 0.25) is 6.17 Å². The SMILES string of the molecule is CCCC1CCC(c2ccc(COC(F)(F)C(F)c3ccc(C#N)c(F)c3)cc2)CC1. The Kier molecular flexibility index (Phi) is 7.72. The molecular formula is C25H27F4NO. The number of benzene rings is 2. The summed E-state index contributed by atoms with van der Waals surface area (Å²) in [5.41, 5.74) is 0.804. The molecule has 3 rings (SSSR count). The van der Waals surface area contributed by atoms with E-state index in [1.165, 1.54) is 31.2 Å². The molecule has 1 unspecified atom stereocenters. The van der Waals surface area contributed by atoms with Crippen molar-refractivity contribution in [2.75, 3.05) is 0 Å². The molecule has 2 aromatic carbocycles. The second-order valence-electron chi connectivity index (χ2n) is 8.31. The van der Waals surface area contributed by atoms with Crippen LogP contribution >= 0.6 is 0 Å². The van der Waals surface area contributed by atoms with Crippen molar-refractivity contribution < 1.29 is 22.3 Å². The number of hydrogen-bond acceptors (Lipinski definition) is 2. The van der Waals surface area contributed by atoms with Crippen molar-refractivity contribution >= 4 is 0 Å². The maximum absolute atomic E-state index is 14.3. The minimum Gasteiger partial charge on any atom is -0.313 e. The van der Waals surface area contributed by atoms with Crippen LogP contribution < -0.4 is 0 Å². The van der Waals surface area contributed by atoms with Crippen molar-refractivity contribution in [2.24, 2.45) is 5.92 Å². The van der Waals surface area contributed by atoms with E-state index in [2.05, 4.69) is 11.7 Å². The monoisotopic (exact) mass is 433 g/mol. The molecule has 0 aliphatic heterocycles. The predicted octanol–water partition coefficient (Wildman–Crippen LogP) is 7.59. The Hall–Kier alpha value is -2.39. The lowest BCUT2D eigenvalue weighted by Crippen LogP contribution is -2.27. The first-order chi connectivity index (χ1) is 14.8. The number of halogens is 4. The van der Waals surface area contributed by atoms with E-state index < -0.39 is 30.3 Å². The standard InChI is InChI=1S/C25H27F4NO/c1-2-3-17-4-8-19(9-5-17)20-10-6-18(7-11-20)16-31-25(28,29)24(27)21-12-13-22(15-30)23(26)14-21/h6-7,10-14,17,19,24H,2-5,8-9,16H2,1H3. The van der Waals surface area contributed by atoms with Crippen LogP contribution in [0.15, 0.2) is 42.5 Å². The number of alkyl halides is 3. The summed E-state index contributed by atoms with van der Waals surface area (Å²) in [5.74, 6) is 0.262. The molecule has 1 aliphatic rings. The molecule has 1 atom stereocenters. The van der Waals surface area contributed by atoms with Crippen LogP contribution in [-0.4, -0.2) is 6.11 Å². The summed E-state index contributed by atoms with van der Waals surface area (Å²) in [6, 6.07) is 11.4. The Morgan fingerprint density at radius 1 is 1.10 bits per heavy atom. The molecule has 31 heavy (non-hydrogen) atoms. The smallest absolute Gasteiger partial charge is 0.313 e. The van der Waals surface area contributed by atoms with E-state index in [4.69, 9.17) is 5.26 Å². The van der Waals surface area contributed by atoms with Crippen molar-refractivity contribution in [2.45, 2.75) is 70.3 Å². The van der Waals surface area contributed by atoms with Crippen molar-refractivity contribution in [3.05, 3.63) is 70.5 Å². The zero-order valence-electron chi connectivity index (χ0n) is 17.6. The Morgan fingerprint density at radius 2 is 1.77 bits per heavy atom. The van der Waals surface area contributed by atoms with Gasteiger partial charge in [-0.15, -0.1) is 0 Å². The normalized spacial score (nSPS) is 20.3. The van der Waals surface area contributed by atoms with Crippen molar-refractivity contribution in [1.82, 2.24) is 0 Å². The number of rotatable bonds is 8. The maximum Gasteiger partial charge on any atom is 0.391 e. The lowest BCUT2D eigenvalue weighted by Gasteiger charge is -2.28. The van der Waals surface area contributed by atoms with E-state index in [1.54, 1.807) is 18.2 Å². The van der Waals surface area contributed by atoms with Crippen LogP contribution in [0.5, 0.6) is 0 Å². The maximum atomic E-state index is 14.3. The van der Waals surface area contributed by atoms with E-state index >= 15 is 0 Å². The molecule has 0 N–H and O–H groups in total. The average Bonchev–Trinajstić information content (AvgIpc) is 2.78.